The Balaban J connectivity index is 3.03. The molecule has 1 N–H and O–H groups in total. The molecule has 1 aromatic carbocycles. The molecule has 0 aliphatic rings. The zero-order valence-electron chi connectivity index (χ0n) is 7.69. The third-order valence-electron chi connectivity index (χ3n) is 1.50. The first-order chi connectivity index (χ1) is 7.58. The van der Waals surface area contributed by atoms with Crippen LogP contribution in [-0.4, -0.2) is 11.4 Å². The number of hydrogen-bond donors (Lipinski definition) is 1. The van der Waals surface area contributed by atoms with Crippen molar-refractivity contribution < 1.29 is 23.1 Å². The van der Waals surface area contributed by atoms with Crippen LogP contribution in [0.5, 0.6) is 0 Å². The van der Waals surface area contributed by atoms with Gasteiger partial charge < -0.3 is 5.11 Å². The number of azo groups is 1. The summed E-state index contributed by atoms with van der Waals surface area (Å²) >= 11 is 0. The molecule has 0 heterocycles. The van der Waals surface area contributed by atoms with Crippen molar-refractivity contribution in [2.75, 3.05) is 0 Å². The van der Waals surface area contributed by atoms with Crippen LogP contribution in [0.15, 0.2) is 34.3 Å². The molecule has 16 heavy (non-hydrogen) atoms. The molecule has 7 heteroatoms. The number of carbonyl (C=O) groups is 1. The number of allylic oxidation sites excluding steroid dienone is 1. The van der Waals surface area contributed by atoms with E-state index in [2.05, 4.69) is 10.2 Å². The van der Waals surface area contributed by atoms with Crippen LogP contribution >= 0.6 is 0 Å². The zero-order valence-corrected chi connectivity index (χ0v) is 7.69. The fraction of sp³-hybridized carbons (Fsp3) is 0. The van der Waals surface area contributed by atoms with Crippen molar-refractivity contribution in [2.45, 2.75) is 0 Å². The second-order valence-electron chi connectivity index (χ2n) is 2.60. The van der Waals surface area contributed by atoms with Gasteiger partial charge in [0.1, 0.15) is 6.26 Å². The summed E-state index contributed by atoms with van der Waals surface area (Å²) in [6, 6.07) is 1.20. The van der Waals surface area contributed by atoms with Crippen LogP contribution in [0, 0.1) is 17.5 Å². The van der Waals surface area contributed by atoms with E-state index in [1.165, 1.54) is 0 Å². The van der Waals surface area contributed by atoms with Crippen LogP contribution in [0.1, 0.15) is 0 Å². The van der Waals surface area contributed by atoms with Gasteiger partial charge in [0.15, 0.2) is 29.4 Å². The van der Waals surface area contributed by atoms with Crippen LogP contribution < -0.4 is 0 Å². The molecule has 0 unspecified atom stereocenters. The number of aldehydes is 1. The first kappa shape index (κ1) is 11.9. The van der Waals surface area contributed by atoms with E-state index in [9.17, 15) is 18.0 Å². The number of benzene rings is 1. The third-order valence-corrected chi connectivity index (χ3v) is 1.50. The SMILES string of the molecule is O=CC(=CO)N=Nc1cc(F)c(F)c(F)c1. The van der Waals surface area contributed by atoms with Crippen molar-refractivity contribution in [3.63, 3.8) is 0 Å². The van der Waals surface area contributed by atoms with Crippen LogP contribution in [0.2, 0.25) is 0 Å². The van der Waals surface area contributed by atoms with Crippen LogP contribution in [0.4, 0.5) is 18.9 Å². The van der Waals surface area contributed by atoms with Gasteiger partial charge in [0, 0.05) is 12.1 Å². The Morgan fingerprint density at radius 3 is 2.25 bits per heavy atom. The predicted molar refractivity (Wildman–Crippen MR) is 47.6 cm³/mol. The van der Waals surface area contributed by atoms with Gasteiger partial charge in [-0.05, 0) is 0 Å². The molecule has 0 atom stereocenters. The predicted octanol–water partition coefficient (Wildman–Crippen LogP) is 2.79. The van der Waals surface area contributed by atoms with Crippen LogP contribution in [-0.2, 0) is 4.79 Å². The third kappa shape index (κ3) is 2.66. The topological polar surface area (TPSA) is 62.0 Å². The molecule has 1 aromatic rings. The van der Waals surface area contributed by atoms with Gasteiger partial charge in [0.25, 0.3) is 0 Å². The molecule has 0 saturated heterocycles. The number of nitrogens with zero attached hydrogens (tertiary/aromatic N) is 2. The molecule has 0 amide bonds. The largest absolute Gasteiger partial charge is 0.513 e. The second-order valence-corrected chi connectivity index (χ2v) is 2.60. The Kier molecular flexibility index (Phi) is 3.76. The molecule has 4 nitrogen and oxygen atoms in total. The monoisotopic (exact) mass is 230 g/mol. The van der Waals surface area contributed by atoms with Crippen molar-refractivity contribution in [1.82, 2.24) is 0 Å². The minimum atomic E-state index is -1.62. The second kappa shape index (κ2) is 5.06. The molecule has 0 bridgehead atoms. The van der Waals surface area contributed by atoms with E-state index in [0.717, 1.165) is 0 Å². The van der Waals surface area contributed by atoms with Crippen molar-refractivity contribution >= 4 is 12.0 Å². The van der Waals surface area contributed by atoms with Crippen molar-refractivity contribution in [1.29, 1.82) is 0 Å². The summed E-state index contributed by atoms with van der Waals surface area (Å²) in [7, 11) is 0. The highest BCUT2D eigenvalue weighted by Gasteiger charge is 2.10. The summed E-state index contributed by atoms with van der Waals surface area (Å²) < 4.78 is 37.9. The summed E-state index contributed by atoms with van der Waals surface area (Å²) in [4.78, 5) is 10.2. The molecular weight excluding hydrogens is 225 g/mol. The maximum absolute atomic E-state index is 12.7. The van der Waals surface area contributed by atoms with E-state index < -0.39 is 23.1 Å². The minimum absolute atomic E-state index is 0.180. The van der Waals surface area contributed by atoms with Crippen LogP contribution in [0.25, 0.3) is 0 Å². The zero-order chi connectivity index (χ0) is 12.1. The average Bonchev–Trinajstić information content (AvgIpc) is 2.27. The van der Waals surface area contributed by atoms with Gasteiger partial charge in [-0.3, -0.25) is 4.79 Å². The first-order valence-electron chi connectivity index (χ1n) is 3.94. The summed E-state index contributed by atoms with van der Waals surface area (Å²) in [5, 5.41) is 14.8. The fourth-order valence-corrected chi connectivity index (χ4v) is 0.795. The number of aliphatic hydroxyl groups is 1. The van der Waals surface area contributed by atoms with Crippen molar-refractivity contribution in [3.05, 3.63) is 41.5 Å². The Morgan fingerprint density at radius 1 is 1.25 bits per heavy atom. The maximum atomic E-state index is 12.7. The molecule has 84 valence electrons. The lowest BCUT2D eigenvalue weighted by Gasteiger charge is -1.96. The molecule has 0 aliphatic carbocycles. The number of aliphatic hydroxyl groups excluding tert-OH is 1. The highest BCUT2D eigenvalue weighted by atomic mass is 19.2. The lowest BCUT2D eigenvalue weighted by Crippen LogP contribution is -1.88. The van der Waals surface area contributed by atoms with Gasteiger partial charge in [0.2, 0.25) is 0 Å². The van der Waals surface area contributed by atoms with Gasteiger partial charge in [-0.2, -0.15) is 5.11 Å². The highest BCUT2D eigenvalue weighted by molar-refractivity contribution is 5.71. The minimum Gasteiger partial charge on any atom is -0.513 e. The number of hydrogen-bond acceptors (Lipinski definition) is 4. The lowest BCUT2D eigenvalue weighted by molar-refractivity contribution is -0.105. The van der Waals surface area contributed by atoms with Crippen molar-refractivity contribution in [2.24, 2.45) is 10.2 Å². The number of carbonyl (C=O) groups excluding carboxylic acids is 1. The van der Waals surface area contributed by atoms with Gasteiger partial charge in [-0.15, -0.1) is 5.11 Å². The van der Waals surface area contributed by atoms with Crippen molar-refractivity contribution in [3.8, 4) is 0 Å². The molecule has 0 aromatic heterocycles. The fourth-order valence-electron chi connectivity index (χ4n) is 0.795. The molecule has 0 spiro atoms. The molecule has 0 fully saturated rings. The first-order valence-corrected chi connectivity index (χ1v) is 3.94. The van der Waals surface area contributed by atoms with E-state index in [1.807, 2.05) is 0 Å². The number of rotatable bonds is 3. The Labute approximate surface area is 87.7 Å². The molecule has 1 rings (SSSR count). The summed E-state index contributed by atoms with van der Waals surface area (Å²) in [5.41, 5.74) is -0.761. The van der Waals surface area contributed by atoms with E-state index in [1.54, 1.807) is 0 Å². The van der Waals surface area contributed by atoms with E-state index in [4.69, 9.17) is 5.11 Å². The summed E-state index contributed by atoms with van der Waals surface area (Å²) in [6.45, 7) is 0. The summed E-state index contributed by atoms with van der Waals surface area (Å²) in [6.07, 6.45) is 0.548. The molecule has 0 radical (unpaired) electrons. The molecule has 0 aliphatic heterocycles. The van der Waals surface area contributed by atoms with E-state index >= 15 is 0 Å². The van der Waals surface area contributed by atoms with Gasteiger partial charge in [0.05, 0.1) is 5.69 Å². The van der Waals surface area contributed by atoms with E-state index in [0.29, 0.717) is 18.4 Å². The maximum Gasteiger partial charge on any atom is 0.194 e. The average molecular weight is 230 g/mol. The van der Waals surface area contributed by atoms with Gasteiger partial charge >= 0.3 is 0 Å². The molecular formula is C9H5F3N2O2. The van der Waals surface area contributed by atoms with Gasteiger partial charge in [-0.25, -0.2) is 13.2 Å². The standard InChI is InChI=1S/C9H5F3N2O2/c10-7-1-5(2-8(11)9(7)12)13-14-6(3-15)4-16/h1-4,15H. The quantitative estimate of drug-likeness (QED) is 0.285. The van der Waals surface area contributed by atoms with Gasteiger partial charge in [-0.1, -0.05) is 0 Å². The summed E-state index contributed by atoms with van der Waals surface area (Å²) in [5.74, 6) is -4.46. The number of halogens is 3. The lowest BCUT2D eigenvalue weighted by atomic mass is 10.3. The Bertz CT molecular complexity index is 449. The smallest absolute Gasteiger partial charge is 0.194 e. The van der Waals surface area contributed by atoms with E-state index in [-0.39, 0.29) is 12.0 Å². The normalized spacial score (nSPS) is 12.1. The molecule has 0 saturated carbocycles. The Hall–Kier alpha value is -2.18. The van der Waals surface area contributed by atoms with Crippen LogP contribution in [0.3, 0.4) is 0 Å². The highest BCUT2D eigenvalue weighted by Crippen LogP contribution is 2.20. The Morgan fingerprint density at radius 2 is 1.81 bits per heavy atom.